The Labute approximate surface area is 120 Å². The van der Waals surface area contributed by atoms with Crippen LogP contribution in [0.15, 0.2) is 24.3 Å². The van der Waals surface area contributed by atoms with Gasteiger partial charge in [0.05, 0.1) is 11.6 Å². The number of alkyl halides is 3. The number of benzene rings is 1. The largest absolute Gasteiger partial charge is 0.416 e. The van der Waals surface area contributed by atoms with Gasteiger partial charge in [-0.2, -0.15) is 18.4 Å². The molecule has 1 heterocycles. The Kier molecular flexibility index (Phi) is 4.06. The summed E-state index contributed by atoms with van der Waals surface area (Å²) in [5.41, 5.74) is -1.91. The van der Waals surface area contributed by atoms with Crippen LogP contribution >= 0.6 is 0 Å². The molecule has 21 heavy (non-hydrogen) atoms. The highest BCUT2D eigenvalue weighted by molar-refractivity contribution is 5.95. The Morgan fingerprint density at radius 1 is 1.48 bits per heavy atom. The van der Waals surface area contributed by atoms with Crippen LogP contribution in [0.25, 0.3) is 0 Å². The van der Waals surface area contributed by atoms with Crippen LogP contribution in [-0.2, 0) is 15.7 Å². The molecule has 2 unspecified atom stereocenters. The van der Waals surface area contributed by atoms with E-state index in [4.69, 9.17) is 4.74 Å². The minimum absolute atomic E-state index is 0.0500. The average Bonchev–Trinajstić information content (AvgIpc) is 2.87. The maximum Gasteiger partial charge on any atom is 0.416 e. The van der Waals surface area contributed by atoms with Crippen LogP contribution in [0.3, 0.4) is 0 Å². The second kappa shape index (κ2) is 5.49. The Morgan fingerprint density at radius 3 is 2.71 bits per heavy atom. The van der Waals surface area contributed by atoms with Crippen molar-refractivity contribution in [3.63, 3.8) is 0 Å². The summed E-state index contributed by atoms with van der Waals surface area (Å²) in [6.45, 7) is 2.00. The molecule has 2 atom stereocenters. The van der Waals surface area contributed by atoms with Gasteiger partial charge in [-0.05, 0) is 31.4 Å². The molecule has 1 saturated heterocycles. The smallest absolute Gasteiger partial charge is 0.367 e. The molecule has 1 aromatic rings. The Hall–Kier alpha value is -1.87. The van der Waals surface area contributed by atoms with Crippen molar-refractivity contribution in [3.05, 3.63) is 35.4 Å². The van der Waals surface area contributed by atoms with E-state index in [1.807, 2.05) is 0 Å². The number of rotatable bonds is 3. The van der Waals surface area contributed by atoms with Gasteiger partial charge in [-0.3, -0.25) is 4.79 Å². The van der Waals surface area contributed by atoms with Crippen LogP contribution in [-0.4, -0.2) is 18.0 Å². The fraction of sp³-hybridized carbons (Fsp3) is 0.467. The summed E-state index contributed by atoms with van der Waals surface area (Å²) in [6, 6.07) is 6.13. The molecule has 0 aliphatic carbocycles. The van der Waals surface area contributed by atoms with E-state index in [0.29, 0.717) is 19.4 Å². The molecule has 0 bridgehead atoms. The number of halogens is 3. The number of ether oxygens (including phenoxy) is 1. The molecule has 6 heteroatoms. The second-order valence-electron chi connectivity index (χ2n) is 5.23. The number of nitrogens with zero attached hydrogens (tertiary/aromatic N) is 1. The van der Waals surface area contributed by atoms with E-state index in [1.54, 1.807) is 13.0 Å². The third-order valence-electron chi connectivity index (χ3n) is 3.68. The van der Waals surface area contributed by atoms with Gasteiger partial charge >= 0.3 is 6.18 Å². The van der Waals surface area contributed by atoms with Crippen LogP contribution in [0.2, 0.25) is 0 Å². The van der Waals surface area contributed by atoms with Crippen molar-refractivity contribution in [2.45, 2.75) is 37.5 Å². The summed E-state index contributed by atoms with van der Waals surface area (Å²) < 4.78 is 43.5. The third-order valence-corrected chi connectivity index (χ3v) is 3.68. The van der Waals surface area contributed by atoms with Crippen LogP contribution in [0.1, 0.15) is 36.8 Å². The number of ketones is 1. The molecule has 0 radical (unpaired) electrons. The maximum atomic E-state index is 12.7. The first-order valence-corrected chi connectivity index (χ1v) is 6.53. The lowest BCUT2D eigenvalue weighted by atomic mass is 9.84. The summed E-state index contributed by atoms with van der Waals surface area (Å²) in [7, 11) is 0. The zero-order chi connectivity index (χ0) is 15.7. The standard InChI is InChI=1S/C15H14F3NO2/c1-14(6-3-7-21-14)13(20)12(9-19)10-4-2-5-11(8-10)15(16,17)18/h2,4-5,8,12H,3,6-7H2,1H3. The molecule has 0 amide bonds. The minimum Gasteiger partial charge on any atom is -0.367 e. The van der Waals surface area contributed by atoms with E-state index in [-0.39, 0.29) is 5.56 Å². The molecule has 1 aliphatic heterocycles. The summed E-state index contributed by atoms with van der Waals surface area (Å²) >= 11 is 0. The lowest BCUT2D eigenvalue weighted by Gasteiger charge is -2.24. The second-order valence-corrected chi connectivity index (χ2v) is 5.23. The summed E-state index contributed by atoms with van der Waals surface area (Å²) in [5.74, 6) is -1.74. The number of hydrogen-bond donors (Lipinski definition) is 0. The highest BCUT2D eigenvalue weighted by Crippen LogP contribution is 2.35. The molecule has 0 N–H and O–H groups in total. The SMILES string of the molecule is CC1(C(=O)C(C#N)c2cccc(C(F)(F)F)c2)CCCO1. The fourth-order valence-corrected chi connectivity index (χ4v) is 2.46. The van der Waals surface area contributed by atoms with Gasteiger partial charge in [0.1, 0.15) is 11.5 Å². The van der Waals surface area contributed by atoms with Crippen molar-refractivity contribution in [2.24, 2.45) is 0 Å². The first-order chi connectivity index (χ1) is 9.78. The van der Waals surface area contributed by atoms with Gasteiger partial charge in [-0.25, -0.2) is 0 Å². The highest BCUT2D eigenvalue weighted by atomic mass is 19.4. The minimum atomic E-state index is -4.51. The monoisotopic (exact) mass is 297 g/mol. The van der Waals surface area contributed by atoms with Gasteiger partial charge in [0.2, 0.25) is 0 Å². The van der Waals surface area contributed by atoms with E-state index >= 15 is 0 Å². The van der Waals surface area contributed by atoms with E-state index in [2.05, 4.69) is 0 Å². The van der Waals surface area contributed by atoms with Crippen molar-refractivity contribution < 1.29 is 22.7 Å². The Bertz CT molecular complexity index is 583. The van der Waals surface area contributed by atoms with Crippen molar-refractivity contribution in [1.82, 2.24) is 0 Å². The van der Waals surface area contributed by atoms with Crippen molar-refractivity contribution in [3.8, 4) is 6.07 Å². The third kappa shape index (κ3) is 3.08. The Balaban J connectivity index is 2.34. The highest BCUT2D eigenvalue weighted by Gasteiger charge is 2.42. The Morgan fingerprint density at radius 2 is 2.19 bits per heavy atom. The van der Waals surface area contributed by atoms with Gasteiger partial charge in [-0.15, -0.1) is 0 Å². The summed E-state index contributed by atoms with van der Waals surface area (Å²) in [5, 5.41) is 9.21. The molecule has 2 rings (SSSR count). The average molecular weight is 297 g/mol. The lowest BCUT2D eigenvalue weighted by Crippen LogP contribution is -2.38. The molecule has 0 aromatic heterocycles. The van der Waals surface area contributed by atoms with E-state index in [9.17, 15) is 23.2 Å². The van der Waals surface area contributed by atoms with Crippen molar-refractivity contribution in [2.75, 3.05) is 6.61 Å². The van der Waals surface area contributed by atoms with Gasteiger partial charge in [0, 0.05) is 6.61 Å². The topological polar surface area (TPSA) is 50.1 Å². The molecule has 0 spiro atoms. The summed E-state index contributed by atoms with van der Waals surface area (Å²) in [4.78, 5) is 12.4. The number of hydrogen-bond acceptors (Lipinski definition) is 3. The van der Waals surface area contributed by atoms with E-state index in [0.717, 1.165) is 12.1 Å². The lowest BCUT2D eigenvalue weighted by molar-refractivity contribution is -0.139. The molecule has 112 valence electrons. The zero-order valence-corrected chi connectivity index (χ0v) is 11.4. The molecular weight excluding hydrogens is 283 g/mol. The first-order valence-electron chi connectivity index (χ1n) is 6.53. The molecule has 0 saturated carbocycles. The number of Topliss-reactive ketones (excluding diaryl/α,β-unsaturated/α-hetero) is 1. The predicted octanol–water partition coefficient (Wildman–Crippen LogP) is 3.45. The molecular formula is C15H14F3NO2. The number of carbonyl (C=O) groups is 1. The van der Waals surface area contributed by atoms with Crippen LogP contribution in [0.4, 0.5) is 13.2 Å². The van der Waals surface area contributed by atoms with Gasteiger partial charge in [0.15, 0.2) is 5.78 Å². The maximum absolute atomic E-state index is 12.7. The van der Waals surface area contributed by atoms with Crippen LogP contribution in [0.5, 0.6) is 0 Å². The number of carbonyl (C=O) groups excluding carboxylic acids is 1. The van der Waals surface area contributed by atoms with Crippen molar-refractivity contribution >= 4 is 5.78 Å². The predicted molar refractivity (Wildman–Crippen MR) is 68.4 cm³/mol. The summed E-state index contributed by atoms with van der Waals surface area (Å²) in [6.07, 6.45) is -3.33. The van der Waals surface area contributed by atoms with Crippen molar-refractivity contribution in [1.29, 1.82) is 5.26 Å². The first kappa shape index (κ1) is 15.5. The van der Waals surface area contributed by atoms with Crippen LogP contribution in [0, 0.1) is 11.3 Å². The quantitative estimate of drug-likeness (QED) is 0.858. The zero-order valence-electron chi connectivity index (χ0n) is 11.4. The van der Waals surface area contributed by atoms with Gasteiger partial charge < -0.3 is 4.74 Å². The normalized spacial score (nSPS) is 23.6. The van der Waals surface area contributed by atoms with E-state index in [1.165, 1.54) is 12.1 Å². The van der Waals surface area contributed by atoms with Gasteiger partial charge in [-0.1, -0.05) is 18.2 Å². The van der Waals surface area contributed by atoms with Gasteiger partial charge in [0.25, 0.3) is 0 Å². The molecule has 3 nitrogen and oxygen atoms in total. The van der Waals surface area contributed by atoms with E-state index < -0.39 is 29.0 Å². The molecule has 1 aromatic carbocycles. The van der Waals surface area contributed by atoms with Crippen LogP contribution < -0.4 is 0 Å². The molecule has 1 fully saturated rings. The fourth-order valence-electron chi connectivity index (χ4n) is 2.46. The molecule has 1 aliphatic rings. The number of nitriles is 1.